The molecule has 25 heavy (non-hydrogen) atoms. The Hall–Kier alpha value is -2.58. The molecule has 0 spiro atoms. The SMILES string of the molecule is Cc1ncc(-c2cnc3cnc(NC(=O)N4CCOCC4)cc3c2)s1. The van der Waals surface area contributed by atoms with E-state index in [2.05, 4.69) is 20.3 Å². The smallest absolute Gasteiger partial charge is 0.323 e. The number of ether oxygens (including phenoxy) is 1. The van der Waals surface area contributed by atoms with Crippen LogP contribution in [0.1, 0.15) is 5.01 Å². The van der Waals surface area contributed by atoms with Crippen molar-refractivity contribution < 1.29 is 9.53 Å². The summed E-state index contributed by atoms with van der Waals surface area (Å²) in [4.78, 5) is 28.1. The Morgan fingerprint density at radius 1 is 1.16 bits per heavy atom. The molecule has 1 N–H and O–H groups in total. The van der Waals surface area contributed by atoms with Gasteiger partial charge in [-0.15, -0.1) is 11.3 Å². The van der Waals surface area contributed by atoms with E-state index < -0.39 is 0 Å². The number of thiazole rings is 1. The summed E-state index contributed by atoms with van der Waals surface area (Å²) < 4.78 is 5.26. The number of hydrogen-bond donors (Lipinski definition) is 1. The summed E-state index contributed by atoms with van der Waals surface area (Å²) >= 11 is 1.63. The highest BCUT2D eigenvalue weighted by atomic mass is 32.1. The number of aryl methyl sites for hydroxylation is 1. The predicted molar refractivity (Wildman–Crippen MR) is 96.8 cm³/mol. The fraction of sp³-hybridized carbons (Fsp3) is 0.294. The zero-order valence-corrected chi connectivity index (χ0v) is 14.5. The van der Waals surface area contributed by atoms with Gasteiger partial charge in [-0.2, -0.15) is 0 Å². The minimum Gasteiger partial charge on any atom is -0.378 e. The van der Waals surface area contributed by atoms with Gasteiger partial charge in [-0.25, -0.2) is 14.8 Å². The van der Waals surface area contributed by atoms with Crippen molar-refractivity contribution in [2.75, 3.05) is 31.6 Å². The molecule has 0 aliphatic carbocycles. The number of carbonyl (C=O) groups is 1. The molecule has 7 nitrogen and oxygen atoms in total. The lowest BCUT2D eigenvalue weighted by molar-refractivity contribution is 0.0564. The van der Waals surface area contributed by atoms with Gasteiger partial charge in [0.1, 0.15) is 5.82 Å². The molecule has 3 aromatic rings. The van der Waals surface area contributed by atoms with Crippen molar-refractivity contribution in [2.24, 2.45) is 0 Å². The number of hydrogen-bond acceptors (Lipinski definition) is 6. The third-order valence-electron chi connectivity index (χ3n) is 4.01. The zero-order chi connectivity index (χ0) is 17.2. The van der Waals surface area contributed by atoms with Gasteiger partial charge in [-0.05, 0) is 19.1 Å². The third kappa shape index (κ3) is 3.45. The summed E-state index contributed by atoms with van der Waals surface area (Å²) in [5.74, 6) is 0.517. The summed E-state index contributed by atoms with van der Waals surface area (Å²) in [5, 5.41) is 4.79. The van der Waals surface area contributed by atoms with Gasteiger partial charge >= 0.3 is 6.03 Å². The van der Waals surface area contributed by atoms with Crippen LogP contribution < -0.4 is 5.32 Å². The van der Waals surface area contributed by atoms with Crippen molar-refractivity contribution in [1.82, 2.24) is 19.9 Å². The van der Waals surface area contributed by atoms with E-state index in [0.717, 1.165) is 26.4 Å². The first-order valence-corrected chi connectivity index (χ1v) is 8.83. The van der Waals surface area contributed by atoms with Crippen LogP contribution in [0.3, 0.4) is 0 Å². The van der Waals surface area contributed by atoms with Crippen molar-refractivity contribution in [3.63, 3.8) is 0 Å². The molecule has 4 rings (SSSR count). The standard InChI is InChI=1S/C17H17N5O2S/c1-11-18-10-15(25-11)13-6-12-7-16(20-9-14(12)19-8-13)21-17(23)22-2-4-24-5-3-22/h6-10H,2-5H2,1H3,(H,20,21,23). The van der Waals surface area contributed by atoms with E-state index in [1.807, 2.05) is 31.5 Å². The maximum absolute atomic E-state index is 12.3. The van der Waals surface area contributed by atoms with Gasteiger partial charge in [-0.3, -0.25) is 10.3 Å². The molecular weight excluding hydrogens is 338 g/mol. The molecule has 4 heterocycles. The normalized spacial score (nSPS) is 14.7. The van der Waals surface area contributed by atoms with Crippen LogP contribution in [0.4, 0.5) is 10.6 Å². The molecule has 0 unspecified atom stereocenters. The fourth-order valence-corrected chi connectivity index (χ4v) is 3.44. The topological polar surface area (TPSA) is 80.2 Å². The lowest BCUT2D eigenvalue weighted by Crippen LogP contribution is -2.43. The van der Waals surface area contributed by atoms with E-state index in [9.17, 15) is 4.79 Å². The minimum atomic E-state index is -0.155. The number of urea groups is 1. The molecule has 1 aliphatic rings. The Morgan fingerprint density at radius 3 is 2.76 bits per heavy atom. The van der Waals surface area contributed by atoms with Crippen molar-refractivity contribution in [1.29, 1.82) is 0 Å². The number of nitrogens with one attached hydrogen (secondary N) is 1. The van der Waals surface area contributed by atoms with Gasteiger partial charge in [0, 0.05) is 36.4 Å². The van der Waals surface area contributed by atoms with E-state index in [1.54, 1.807) is 22.4 Å². The number of carbonyl (C=O) groups excluding carboxylic acids is 1. The highest BCUT2D eigenvalue weighted by Crippen LogP contribution is 2.28. The van der Waals surface area contributed by atoms with E-state index in [-0.39, 0.29) is 6.03 Å². The number of pyridine rings is 2. The second kappa shape index (κ2) is 6.73. The summed E-state index contributed by atoms with van der Waals surface area (Å²) in [5.41, 5.74) is 1.80. The second-order valence-corrected chi connectivity index (χ2v) is 6.99. The predicted octanol–water partition coefficient (Wildman–Crippen LogP) is 2.93. The van der Waals surface area contributed by atoms with Crippen LogP contribution in [0.5, 0.6) is 0 Å². The van der Waals surface area contributed by atoms with E-state index in [4.69, 9.17) is 4.74 Å². The molecule has 2 amide bonds. The highest BCUT2D eigenvalue weighted by Gasteiger charge is 2.17. The molecule has 1 saturated heterocycles. The van der Waals surface area contributed by atoms with Gasteiger partial charge in [0.15, 0.2) is 0 Å². The first kappa shape index (κ1) is 15.9. The Kier molecular flexibility index (Phi) is 4.29. The first-order valence-electron chi connectivity index (χ1n) is 8.01. The van der Waals surface area contributed by atoms with Crippen LogP contribution >= 0.6 is 11.3 Å². The van der Waals surface area contributed by atoms with Gasteiger partial charge in [0.2, 0.25) is 0 Å². The maximum Gasteiger partial charge on any atom is 0.323 e. The van der Waals surface area contributed by atoms with E-state index in [1.165, 1.54) is 0 Å². The van der Waals surface area contributed by atoms with Crippen molar-refractivity contribution in [3.05, 3.63) is 35.7 Å². The Labute approximate surface area is 148 Å². The van der Waals surface area contributed by atoms with E-state index in [0.29, 0.717) is 32.1 Å². The highest BCUT2D eigenvalue weighted by molar-refractivity contribution is 7.15. The van der Waals surface area contributed by atoms with Gasteiger partial charge in [0.25, 0.3) is 0 Å². The molecule has 0 atom stereocenters. The minimum absolute atomic E-state index is 0.155. The van der Waals surface area contributed by atoms with Gasteiger partial charge < -0.3 is 9.64 Å². The molecule has 0 radical (unpaired) electrons. The zero-order valence-electron chi connectivity index (χ0n) is 13.7. The van der Waals surface area contributed by atoms with Crippen molar-refractivity contribution in [3.8, 4) is 10.4 Å². The molecule has 8 heteroatoms. The number of morpholine rings is 1. The van der Waals surface area contributed by atoms with Crippen LogP contribution in [0.15, 0.2) is 30.7 Å². The lowest BCUT2D eigenvalue weighted by atomic mass is 10.2. The fourth-order valence-electron chi connectivity index (χ4n) is 2.68. The molecular formula is C17H17N5O2S. The average Bonchev–Trinajstić information content (AvgIpc) is 3.08. The van der Waals surface area contributed by atoms with Crippen LogP contribution in [0.25, 0.3) is 21.3 Å². The molecule has 3 aromatic heterocycles. The molecule has 1 aliphatic heterocycles. The van der Waals surface area contributed by atoms with Crippen LogP contribution in [0.2, 0.25) is 0 Å². The second-order valence-electron chi connectivity index (χ2n) is 5.76. The lowest BCUT2D eigenvalue weighted by Gasteiger charge is -2.26. The summed E-state index contributed by atoms with van der Waals surface area (Å²) in [6.45, 7) is 4.30. The van der Waals surface area contributed by atoms with Crippen LogP contribution in [-0.2, 0) is 4.74 Å². The molecule has 0 bridgehead atoms. The summed E-state index contributed by atoms with van der Waals surface area (Å²) in [6, 6.07) is 3.73. The number of nitrogens with zero attached hydrogens (tertiary/aromatic N) is 4. The van der Waals surface area contributed by atoms with Crippen LogP contribution in [0, 0.1) is 6.92 Å². The quantitative estimate of drug-likeness (QED) is 0.764. The Bertz CT molecular complexity index is 920. The first-order chi connectivity index (χ1) is 12.2. The summed E-state index contributed by atoms with van der Waals surface area (Å²) in [6.07, 6.45) is 5.35. The Morgan fingerprint density at radius 2 is 2.00 bits per heavy atom. The number of anilines is 1. The summed E-state index contributed by atoms with van der Waals surface area (Å²) in [7, 11) is 0. The van der Waals surface area contributed by atoms with Crippen LogP contribution in [-0.4, -0.2) is 52.2 Å². The average molecular weight is 355 g/mol. The number of fused-ring (bicyclic) bond motifs is 1. The molecule has 0 aromatic carbocycles. The molecule has 1 fully saturated rings. The largest absolute Gasteiger partial charge is 0.378 e. The third-order valence-corrected chi connectivity index (χ3v) is 4.97. The monoisotopic (exact) mass is 355 g/mol. The number of aromatic nitrogens is 3. The number of amides is 2. The van der Waals surface area contributed by atoms with Gasteiger partial charge in [0.05, 0.1) is 34.8 Å². The van der Waals surface area contributed by atoms with Crippen molar-refractivity contribution >= 4 is 34.1 Å². The Balaban J connectivity index is 1.59. The van der Waals surface area contributed by atoms with Crippen molar-refractivity contribution in [2.45, 2.75) is 6.92 Å². The molecule has 0 saturated carbocycles. The van der Waals surface area contributed by atoms with Gasteiger partial charge in [-0.1, -0.05) is 0 Å². The number of rotatable bonds is 2. The molecule has 128 valence electrons. The maximum atomic E-state index is 12.3. The van der Waals surface area contributed by atoms with E-state index >= 15 is 0 Å².